The highest BCUT2D eigenvalue weighted by atomic mass is 35.5. The average Bonchev–Trinajstić information content (AvgIpc) is 2.67. The number of rotatable bonds is 1. The third-order valence-electron chi connectivity index (χ3n) is 3.32. The van der Waals surface area contributed by atoms with Crippen LogP contribution in [0.4, 0.5) is 14.5 Å². The lowest BCUT2D eigenvalue weighted by molar-refractivity contribution is 0.494. The molecule has 1 nitrogen and oxygen atoms in total. The van der Waals surface area contributed by atoms with Crippen LogP contribution < -0.4 is 4.90 Å². The minimum Gasteiger partial charge on any atom is -0.369 e. The molecule has 2 unspecified atom stereocenters. The Balaban J connectivity index is 0.000000771. The molecular formula is C14H20ClF2N. The molecule has 2 atom stereocenters. The molecule has 102 valence electrons. The molecule has 0 N–H and O–H groups in total. The minimum atomic E-state index is -0.705. The molecule has 1 saturated heterocycles. The van der Waals surface area contributed by atoms with E-state index in [9.17, 15) is 8.78 Å². The third-order valence-corrected chi connectivity index (χ3v) is 3.61. The average molecular weight is 276 g/mol. The first kappa shape index (κ1) is 15.2. The van der Waals surface area contributed by atoms with Crippen LogP contribution in [0.2, 0.25) is 5.02 Å². The van der Waals surface area contributed by atoms with Crippen LogP contribution >= 0.6 is 11.6 Å². The van der Waals surface area contributed by atoms with Gasteiger partial charge in [-0.15, -0.1) is 0 Å². The molecule has 0 aromatic heterocycles. The molecule has 0 spiro atoms. The van der Waals surface area contributed by atoms with Crippen LogP contribution in [-0.4, -0.2) is 13.1 Å². The van der Waals surface area contributed by atoms with Crippen LogP contribution in [0.5, 0.6) is 0 Å². The first-order valence-corrected chi connectivity index (χ1v) is 6.76. The van der Waals surface area contributed by atoms with E-state index in [1.54, 1.807) is 0 Å². The fourth-order valence-corrected chi connectivity index (χ4v) is 2.24. The van der Waals surface area contributed by atoms with E-state index in [2.05, 4.69) is 13.8 Å². The predicted octanol–water partition coefficient (Wildman–Crippen LogP) is 4.74. The Morgan fingerprint density at radius 3 is 2.06 bits per heavy atom. The van der Waals surface area contributed by atoms with Gasteiger partial charge in [0.15, 0.2) is 0 Å². The van der Waals surface area contributed by atoms with Gasteiger partial charge in [-0.25, -0.2) is 8.78 Å². The Kier molecular flexibility index (Phi) is 5.39. The summed E-state index contributed by atoms with van der Waals surface area (Å²) < 4.78 is 26.6. The van der Waals surface area contributed by atoms with E-state index < -0.39 is 11.6 Å². The summed E-state index contributed by atoms with van der Waals surface area (Å²) in [5.41, 5.74) is 0.405. The summed E-state index contributed by atoms with van der Waals surface area (Å²) in [6.07, 6.45) is 0. The Bertz CT molecular complexity index is 399. The van der Waals surface area contributed by atoms with E-state index in [-0.39, 0.29) is 5.02 Å². The molecule has 0 bridgehead atoms. The maximum atomic E-state index is 13.6. The Morgan fingerprint density at radius 2 is 1.56 bits per heavy atom. The Hall–Kier alpha value is -0.830. The van der Waals surface area contributed by atoms with Crippen molar-refractivity contribution in [3.8, 4) is 0 Å². The maximum Gasteiger partial charge on any atom is 0.149 e. The summed E-state index contributed by atoms with van der Waals surface area (Å²) in [4.78, 5) is 1.93. The van der Waals surface area contributed by atoms with E-state index in [4.69, 9.17) is 11.6 Å². The van der Waals surface area contributed by atoms with Crippen molar-refractivity contribution in [3.63, 3.8) is 0 Å². The number of hydrogen-bond donors (Lipinski definition) is 0. The van der Waals surface area contributed by atoms with Crippen LogP contribution in [0.15, 0.2) is 12.1 Å². The van der Waals surface area contributed by atoms with Crippen LogP contribution in [0.25, 0.3) is 0 Å². The number of hydrogen-bond acceptors (Lipinski definition) is 1. The van der Waals surface area contributed by atoms with Crippen LogP contribution in [0.1, 0.15) is 27.7 Å². The molecule has 18 heavy (non-hydrogen) atoms. The second-order valence-electron chi connectivity index (χ2n) is 4.58. The molecular weight excluding hydrogens is 256 g/mol. The Labute approximate surface area is 113 Å². The standard InChI is InChI=1S/C12H14ClF2N.C2H6/c1-7-5-16(6-8(7)2)12-3-9(13)10(14)4-11(12)15;1-2/h3-4,7-8H,5-6H2,1-2H3;1-2H3. The predicted molar refractivity (Wildman–Crippen MR) is 73.3 cm³/mol. The molecule has 1 aromatic rings. The third kappa shape index (κ3) is 3.14. The van der Waals surface area contributed by atoms with Gasteiger partial charge in [-0.2, -0.15) is 0 Å². The Morgan fingerprint density at radius 1 is 1.06 bits per heavy atom. The highest BCUT2D eigenvalue weighted by Crippen LogP contribution is 2.32. The van der Waals surface area contributed by atoms with Crippen molar-refractivity contribution in [1.29, 1.82) is 0 Å². The van der Waals surface area contributed by atoms with Gasteiger partial charge in [0.05, 0.1) is 10.7 Å². The molecule has 0 radical (unpaired) electrons. The first-order chi connectivity index (χ1) is 8.49. The number of benzene rings is 1. The number of nitrogens with zero attached hydrogens (tertiary/aromatic N) is 1. The van der Waals surface area contributed by atoms with Gasteiger partial charge in [0, 0.05) is 19.2 Å². The molecule has 1 aliphatic rings. The molecule has 2 rings (SSSR count). The molecule has 1 heterocycles. The van der Waals surface area contributed by atoms with Crippen molar-refractivity contribution in [3.05, 3.63) is 28.8 Å². The zero-order valence-corrected chi connectivity index (χ0v) is 12.1. The van der Waals surface area contributed by atoms with Gasteiger partial charge in [-0.05, 0) is 17.9 Å². The van der Waals surface area contributed by atoms with Crippen molar-refractivity contribution in [2.24, 2.45) is 11.8 Å². The van der Waals surface area contributed by atoms with E-state index in [1.807, 2.05) is 18.7 Å². The molecule has 1 aromatic carbocycles. The molecule has 0 amide bonds. The van der Waals surface area contributed by atoms with E-state index in [0.29, 0.717) is 17.5 Å². The smallest absolute Gasteiger partial charge is 0.149 e. The fourth-order valence-electron chi connectivity index (χ4n) is 2.08. The lowest BCUT2D eigenvalue weighted by Gasteiger charge is -2.19. The molecule has 1 fully saturated rings. The summed E-state index contributed by atoms with van der Waals surface area (Å²) in [5.74, 6) is -0.210. The lowest BCUT2D eigenvalue weighted by Crippen LogP contribution is -2.20. The molecule has 1 aliphatic heterocycles. The van der Waals surface area contributed by atoms with Crippen LogP contribution in [0, 0.1) is 23.5 Å². The number of halogens is 3. The molecule has 0 aliphatic carbocycles. The maximum absolute atomic E-state index is 13.6. The van der Waals surface area contributed by atoms with Gasteiger partial charge < -0.3 is 4.90 Å². The first-order valence-electron chi connectivity index (χ1n) is 6.38. The highest BCUT2D eigenvalue weighted by molar-refractivity contribution is 6.31. The zero-order valence-electron chi connectivity index (χ0n) is 11.3. The molecule has 4 heteroatoms. The van der Waals surface area contributed by atoms with Gasteiger partial charge in [-0.3, -0.25) is 0 Å². The van der Waals surface area contributed by atoms with Crippen molar-refractivity contribution in [1.82, 2.24) is 0 Å². The summed E-state index contributed by atoms with van der Waals surface area (Å²) in [6.45, 7) is 9.85. The van der Waals surface area contributed by atoms with Crippen LogP contribution in [-0.2, 0) is 0 Å². The van der Waals surface area contributed by atoms with Crippen LogP contribution in [0.3, 0.4) is 0 Å². The van der Waals surface area contributed by atoms with E-state index >= 15 is 0 Å². The fraction of sp³-hybridized carbons (Fsp3) is 0.571. The van der Waals surface area contributed by atoms with E-state index in [1.165, 1.54) is 6.07 Å². The van der Waals surface area contributed by atoms with Crippen molar-refractivity contribution < 1.29 is 8.78 Å². The minimum absolute atomic E-state index is 0.0244. The van der Waals surface area contributed by atoms with Gasteiger partial charge in [-0.1, -0.05) is 39.3 Å². The zero-order chi connectivity index (χ0) is 13.9. The summed E-state index contributed by atoms with van der Waals surface area (Å²) in [5, 5.41) is -0.0244. The van der Waals surface area contributed by atoms with E-state index in [0.717, 1.165) is 19.2 Å². The summed E-state index contributed by atoms with van der Waals surface area (Å²) >= 11 is 5.67. The second kappa shape index (κ2) is 6.37. The lowest BCUT2D eigenvalue weighted by atomic mass is 10.0. The quantitative estimate of drug-likeness (QED) is 0.669. The molecule has 0 saturated carbocycles. The topological polar surface area (TPSA) is 3.24 Å². The van der Waals surface area contributed by atoms with Gasteiger partial charge in [0.2, 0.25) is 0 Å². The monoisotopic (exact) mass is 275 g/mol. The van der Waals surface area contributed by atoms with Gasteiger partial charge in [0.25, 0.3) is 0 Å². The summed E-state index contributed by atoms with van der Waals surface area (Å²) in [6, 6.07) is 2.22. The van der Waals surface area contributed by atoms with Gasteiger partial charge >= 0.3 is 0 Å². The number of anilines is 1. The van der Waals surface area contributed by atoms with Gasteiger partial charge in [0.1, 0.15) is 11.6 Å². The van der Waals surface area contributed by atoms with Crippen molar-refractivity contribution >= 4 is 17.3 Å². The second-order valence-corrected chi connectivity index (χ2v) is 4.98. The van der Waals surface area contributed by atoms with Crippen molar-refractivity contribution in [2.75, 3.05) is 18.0 Å². The van der Waals surface area contributed by atoms with Crippen molar-refractivity contribution in [2.45, 2.75) is 27.7 Å². The largest absolute Gasteiger partial charge is 0.369 e. The normalized spacial score (nSPS) is 22.7. The summed E-state index contributed by atoms with van der Waals surface area (Å²) in [7, 11) is 0. The highest BCUT2D eigenvalue weighted by Gasteiger charge is 2.28. The SMILES string of the molecule is CC.CC1CN(c2cc(Cl)c(F)cc2F)CC1C.